The Labute approximate surface area is 119 Å². The van der Waals surface area contributed by atoms with E-state index in [2.05, 4.69) is 38.3 Å². The quantitative estimate of drug-likeness (QED) is 0.917. The van der Waals surface area contributed by atoms with Gasteiger partial charge in [-0.15, -0.1) is 0 Å². The molecule has 0 amide bonds. The van der Waals surface area contributed by atoms with Gasteiger partial charge in [0.1, 0.15) is 12.2 Å². The van der Waals surface area contributed by atoms with Crippen LogP contribution in [0.3, 0.4) is 0 Å². The monoisotopic (exact) mass is 328 g/mol. The van der Waals surface area contributed by atoms with Gasteiger partial charge in [-0.05, 0) is 24.2 Å². The Balaban J connectivity index is 2.15. The Morgan fingerprint density at radius 3 is 3.00 bits per heavy atom. The molecule has 2 rings (SSSR count). The van der Waals surface area contributed by atoms with Crippen molar-refractivity contribution in [3.8, 4) is 0 Å². The van der Waals surface area contributed by atoms with Gasteiger partial charge in [-0.1, -0.05) is 40.5 Å². The fourth-order valence-corrected chi connectivity index (χ4v) is 2.34. The molecule has 0 fully saturated rings. The second-order valence-corrected chi connectivity index (χ2v) is 5.17. The third kappa shape index (κ3) is 3.31. The first-order chi connectivity index (χ1) is 8.70. The van der Waals surface area contributed by atoms with Crippen LogP contribution in [0.2, 0.25) is 5.02 Å². The molecule has 0 atom stereocenters. The lowest BCUT2D eigenvalue weighted by Crippen LogP contribution is -2.17. The lowest BCUT2D eigenvalue weighted by atomic mass is 10.2. The van der Waals surface area contributed by atoms with E-state index in [-0.39, 0.29) is 0 Å². The number of benzene rings is 1. The molecule has 18 heavy (non-hydrogen) atoms. The number of halogens is 2. The first-order valence-electron chi connectivity index (χ1n) is 5.72. The van der Waals surface area contributed by atoms with Gasteiger partial charge in [0.2, 0.25) is 0 Å². The molecule has 0 saturated heterocycles. The van der Waals surface area contributed by atoms with Gasteiger partial charge in [0.25, 0.3) is 0 Å². The summed E-state index contributed by atoms with van der Waals surface area (Å²) in [6.45, 7) is 4.32. The summed E-state index contributed by atoms with van der Waals surface area (Å²) >= 11 is 9.59. The summed E-state index contributed by atoms with van der Waals surface area (Å²) < 4.78 is 2.83. The van der Waals surface area contributed by atoms with E-state index in [1.54, 1.807) is 6.33 Å². The van der Waals surface area contributed by atoms with Crippen LogP contribution in [-0.2, 0) is 13.1 Å². The van der Waals surface area contributed by atoms with E-state index in [0.717, 1.165) is 27.4 Å². The first-order valence-corrected chi connectivity index (χ1v) is 6.89. The minimum absolute atomic E-state index is 0.632. The fraction of sp³-hybridized carbons (Fsp3) is 0.333. The molecule has 0 unspecified atom stereocenters. The summed E-state index contributed by atoms with van der Waals surface area (Å²) in [5.74, 6) is 0.913. The van der Waals surface area contributed by atoms with Gasteiger partial charge in [0.15, 0.2) is 0 Å². The maximum Gasteiger partial charge on any atom is 0.141 e. The molecule has 1 aromatic heterocycles. The molecular weight excluding hydrogens is 316 g/mol. The maximum atomic E-state index is 6.20. The van der Waals surface area contributed by atoms with E-state index in [4.69, 9.17) is 11.6 Å². The van der Waals surface area contributed by atoms with Crippen LogP contribution in [0.1, 0.15) is 18.3 Å². The number of hydrogen-bond donors (Lipinski definition) is 1. The molecule has 6 heteroatoms. The van der Waals surface area contributed by atoms with E-state index < -0.39 is 0 Å². The average Bonchev–Trinajstić information content (AvgIpc) is 2.77. The highest BCUT2D eigenvalue weighted by Gasteiger charge is 2.07. The topological polar surface area (TPSA) is 42.7 Å². The molecular formula is C12H14BrClN4. The second-order valence-electron chi connectivity index (χ2n) is 3.85. The summed E-state index contributed by atoms with van der Waals surface area (Å²) in [6.07, 6.45) is 1.57. The molecule has 0 saturated carbocycles. The van der Waals surface area contributed by atoms with Crippen molar-refractivity contribution in [3.63, 3.8) is 0 Å². The van der Waals surface area contributed by atoms with Crippen molar-refractivity contribution >= 4 is 27.5 Å². The Morgan fingerprint density at radius 2 is 2.28 bits per heavy atom. The van der Waals surface area contributed by atoms with Crippen molar-refractivity contribution < 1.29 is 0 Å². The summed E-state index contributed by atoms with van der Waals surface area (Å²) in [5, 5.41) is 8.19. The number of nitrogens with zero attached hydrogens (tertiary/aromatic N) is 3. The van der Waals surface area contributed by atoms with Crippen molar-refractivity contribution in [2.75, 3.05) is 6.54 Å². The summed E-state index contributed by atoms with van der Waals surface area (Å²) in [7, 11) is 0. The first kappa shape index (κ1) is 13.5. The highest BCUT2D eigenvalue weighted by Crippen LogP contribution is 2.22. The molecule has 0 spiro atoms. The molecule has 1 heterocycles. The normalized spacial score (nSPS) is 10.8. The van der Waals surface area contributed by atoms with Crippen molar-refractivity contribution in [2.24, 2.45) is 0 Å². The van der Waals surface area contributed by atoms with Crippen LogP contribution in [0.4, 0.5) is 0 Å². The minimum atomic E-state index is 0.632. The zero-order chi connectivity index (χ0) is 13.0. The van der Waals surface area contributed by atoms with Gasteiger partial charge < -0.3 is 5.32 Å². The third-order valence-corrected chi connectivity index (χ3v) is 3.41. The highest BCUT2D eigenvalue weighted by molar-refractivity contribution is 9.10. The molecule has 0 bridgehead atoms. The van der Waals surface area contributed by atoms with Gasteiger partial charge in [0.05, 0.1) is 13.1 Å². The SMILES string of the molecule is CCNCc1ncnn1Cc1ccc(Br)cc1Cl. The van der Waals surface area contributed by atoms with Crippen LogP contribution >= 0.6 is 27.5 Å². The van der Waals surface area contributed by atoms with Gasteiger partial charge in [0, 0.05) is 9.50 Å². The number of hydrogen-bond acceptors (Lipinski definition) is 3. The molecule has 0 aliphatic carbocycles. The molecule has 2 aromatic rings. The number of rotatable bonds is 5. The van der Waals surface area contributed by atoms with Crippen molar-refractivity contribution in [1.29, 1.82) is 0 Å². The summed E-state index contributed by atoms with van der Waals surface area (Å²) in [5.41, 5.74) is 1.03. The van der Waals surface area contributed by atoms with Gasteiger partial charge >= 0.3 is 0 Å². The Bertz CT molecular complexity index is 527. The van der Waals surface area contributed by atoms with Crippen LogP contribution in [0.5, 0.6) is 0 Å². The zero-order valence-corrected chi connectivity index (χ0v) is 12.4. The molecule has 4 nitrogen and oxygen atoms in total. The molecule has 0 aliphatic heterocycles. The lowest BCUT2D eigenvalue weighted by molar-refractivity contribution is 0.596. The minimum Gasteiger partial charge on any atom is -0.310 e. The molecule has 96 valence electrons. The Kier molecular flexibility index (Phi) is 4.74. The second kappa shape index (κ2) is 6.31. The van der Waals surface area contributed by atoms with Gasteiger partial charge in [-0.2, -0.15) is 5.10 Å². The number of nitrogens with one attached hydrogen (secondary N) is 1. The fourth-order valence-electron chi connectivity index (χ4n) is 1.61. The third-order valence-electron chi connectivity index (χ3n) is 2.56. The molecule has 1 aromatic carbocycles. The molecule has 0 radical (unpaired) electrons. The summed E-state index contributed by atoms with van der Waals surface area (Å²) in [4.78, 5) is 4.23. The van der Waals surface area contributed by atoms with E-state index in [0.29, 0.717) is 13.1 Å². The van der Waals surface area contributed by atoms with Gasteiger partial charge in [-0.25, -0.2) is 9.67 Å². The van der Waals surface area contributed by atoms with E-state index >= 15 is 0 Å². The number of aromatic nitrogens is 3. The predicted octanol–water partition coefficient (Wildman–Crippen LogP) is 2.85. The standard InChI is InChI=1S/C12H14BrClN4/c1-2-15-6-12-16-8-17-18(12)7-9-3-4-10(13)5-11(9)14/h3-5,8,15H,2,6-7H2,1H3. The van der Waals surface area contributed by atoms with Crippen molar-refractivity contribution in [2.45, 2.75) is 20.0 Å². The van der Waals surface area contributed by atoms with Crippen LogP contribution < -0.4 is 5.32 Å². The van der Waals surface area contributed by atoms with Crippen molar-refractivity contribution in [3.05, 3.63) is 45.4 Å². The maximum absolute atomic E-state index is 6.20. The highest BCUT2D eigenvalue weighted by atomic mass is 79.9. The lowest BCUT2D eigenvalue weighted by Gasteiger charge is -2.08. The van der Waals surface area contributed by atoms with Crippen LogP contribution in [-0.4, -0.2) is 21.3 Å². The smallest absolute Gasteiger partial charge is 0.141 e. The summed E-state index contributed by atoms with van der Waals surface area (Å²) in [6, 6.07) is 5.85. The van der Waals surface area contributed by atoms with E-state index in [9.17, 15) is 0 Å². The zero-order valence-electron chi connectivity index (χ0n) is 10.0. The van der Waals surface area contributed by atoms with Gasteiger partial charge in [-0.3, -0.25) is 0 Å². The largest absolute Gasteiger partial charge is 0.310 e. The van der Waals surface area contributed by atoms with E-state index in [1.165, 1.54) is 0 Å². The molecule has 0 aliphatic rings. The Hall–Kier alpha value is -0.910. The van der Waals surface area contributed by atoms with Crippen LogP contribution in [0.15, 0.2) is 29.0 Å². The Morgan fingerprint density at radius 1 is 1.44 bits per heavy atom. The van der Waals surface area contributed by atoms with Crippen LogP contribution in [0.25, 0.3) is 0 Å². The van der Waals surface area contributed by atoms with Crippen molar-refractivity contribution in [1.82, 2.24) is 20.1 Å². The molecule has 1 N–H and O–H groups in total. The van der Waals surface area contributed by atoms with E-state index in [1.807, 2.05) is 22.9 Å². The predicted molar refractivity (Wildman–Crippen MR) is 75.7 cm³/mol. The average molecular weight is 330 g/mol. The van der Waals surface area contributed by atoms with Crippen LogP contribution in [0, 0.1) is 0 Å².